The fraction of sp³-hybridized carbons (Fsp3) is 0.455. The van der Waals surface area contributed by atoms with Crippen molar-refractivity contribution in [3.63, 3.8) is 0 Å². The number of nitrogens with one attached hydrogen (secondary N) is 2. The van der Waals surface area contributed by atoms with E-state index < -0.39 is 0 Å². The standard InChI is InChI=1S/C22H28N2O3/c25-20(14-7-15-23-22(26)19-13-8-16-27-19)24-21(17-9-3-1-4-10-17)18-11-5-2-6-12-18/h1,3-4,8-10,13,16,18,21H,2,5-7,11-12,14-15H2,(H,23,26)(H,24,25)/t21-/m1/s1. The Kier molecular flexibility index (Phi) is 7.08. The van der Waals surface area contributed by atoms with Crippen LogP contribution in [0.3, 0.4) is 0 Å². The van der Waals surface area contributed by atoms with Crippen molar-refractivity contribution in [1.29, 1.82) is 0 Å². The van der Waals surface area contributed by atoms with Gasteiger partial charge in [-0.3, -0.25) is 9.59 Å². The van der Waals surface area contributed by atoms with Crippen molar-refractivity contribution in [3.05, 3.63) is 60.1 Å². The van der Waals surface area contributed by atoms with Gasteiger partial charge in [-0.25, -0.2) is 0 Å². The van der Waals surface area contributed by atoms with Gasteiger partial charge in [0.1, 0.15) is 0 Å². The number of hydrogen-bond acceptors (Lipinski definition) is 3. The Morgan fingerprint density at radius 2 is 1.81 bits per heavy atom. The molecule has 144 valence electrons. The first kappa shape index (κ1) is 19.2. The number of benzene rings is 1. The van der Waals surface area contributed by atoms with Gasteiger partial charge < -0.3 is 15.1 Å². The Bertz CT molecular complexity index is 706. The monoisotopic (exact) mass is 368 g/mol. The molecular formula is C22H28N2O3. The van der Waals surface area contributed by atoms with Gasteiger partial charge in [-0.05, 0) is 42.9 Å². The molecule has 1 aliphatic carbocycles. The Labute approximate surface area is 160 Å². The maximum Gasteiger partial charge on any atom is 0.286 e. The van der Waals surface area contributed by atoms with Crippen molar-refractivity contribution >= 4 is 11.8 Å². The quantitative estimate of drug-likeness (QED) is 0.685. The van der Waals surface area contributed by atoms with Crippen LogP contribution in [0.1, 0.15) is 67.1 Å². The highest BCUT2D eigenvalue weighted by Gasteiger charge is 2.26. The van der Waals surface area contributed by atoms with E-state index in [1.54, 1.807) is 12.1 Å². The van der Waals surface area contributed by atoms with E-state index in [0.717, 1.165) is 0 Å². The van der Waals surface area contributed by atoms with Crippen molar-refractivity contribution in [2.24, 2.45) is 5.92 Å². The summed E-state index contributed by atoms with van der Waals surface area (Å²) in [6.07, 6.45) is 8.57. The molecule has 5 heteroatoms. The lowest BCUT2D eigenvalue weighted by Crippen LogP contribution is -2.35. The van der Waals surface area contributed by atoms with E-state index in [1.165, 1.54) is 43.9 Å². The molecule has 1 aromatic carbocycles. The van der Waals surface area contributed by atoms with Crippen LogP contribution in [0.25, 0.3) is 0 Å². The lowest BCUT2D eigenvalue weighted by atomic mass is 9.81. The fourth-order valence-corrected chi connectivity index (χ4v) is 3.79. The molecule has 0 bridgehead atoms. The van der Waals surface area contributed by atoms with Crippen LogP contribution in [0.2, 0.25) is 0 Å². The SMILES string of the molecule is O=C(CCCNC(=O)c1ccco1)N[C@H](c1ccccc1)C1CCCCC1. The van der Waals surface area contributed by atoms with E-state index in [1.807, 2.05) is 18.2 Å². The van der Waals surface area contributed by atoms with Crippen molar-refractivity contribution in [1.82, 2.24) is 10.6 Å². The third-order valence-corrected chi connectivity index (χ3v) is 5.21. The van der Waals surface area contributed by atoms with Gasteiger partial charge in [0.15, 0.2) is 5.76 Å². The zero-order valence-corrected chi connectivity index (χ0v) is 15.7. The zero-order chi connectivity index (χ0) is 18.9. The Balaban J connectivity index is 1.48. The van der Waals surface area contributed by atoms with Gasteiger partial charge in [-0.2, -0.15) is 0 Å². The molecule has 0 spiro atoms. The first-order valence-corrected chi connectivity index (χ1v) is 9.90. The third kappa shape index (κ3) is 5.71. The highest BCUT2D eigenvalue weighted by Crippen LogP contribution is 2.34. The maximum absolute atomic E-state index is 12.5. The first-order valence-electron chi connectivity index (χ1n) is 9.90. The van der Waals surface area contributed by atoms with E-state index in [4.69, 9.17) is 4.42 Å². The molecule has 0 unspecified atom stereocenters. The second-order valence-corrected chi connectivity index (χ2v) is 7.19. The van der Waals surface area contributed by atoms with Gasteiger partial charge in [0, 0.05) is 13.0 Å². The van der Waals surface area contributed by atoms with Crippen molar-refractivity contribution < 1.29 is 14.0 Å². The van der Waals surface area contributed by atoms with E-state index in [-0.39, 0.29) is 17.9 Å². The fourth-order valence-electron chi connectivity index (χ4n) is 3.79. The normalized spacial score (nSPS) is 15.9. The van der Waals surface area contributed by atoms with Crippen molar-refractivity contribution in [2.75, 3.05) is 6.54 Å². The average Bonchev–Trinajstić information content (AvgIpc) is 3.25. The minimum absolute atomic E-state index is 0.0432. The van der Waals surface area contributed by atoms with Crippen molar-refractivity contribution in [2.45, 2.75) is 51.0 Å². The van der Waals surface area contributed by atoms with Crippen LogP contribution in [0, 0.1) is 5.92 Å². The lowest BCUT2D eigenvalue weighted by Gasteiger charge is -2.31. The molecule has 1 fully saturated rings. The molecule has 2 amide bonds. The molecule has 3 rings (SSSR count). The molecule has 0 saturated heterocycles. The molecule has 1 heterocycles. The predicted molar refractivity (Wildman–Crippen MR) is 104 cm³/mol. The molecule has 27 heavy (non-hydrogen) atoms. The van der Waals surface area contributed by atoms with Gasteiger partial charge in [0.05, 0.1) is 12.3 Å². The van der Waals surface area contributed by atoms with E-state index >= 15 is 0 Å². The van der Waals surface area contributed by atoms with Crippen LogP contribution in [0.5, 0.6) is 0 Å². The Hall–Kier alpha value is -2.56. The second-order valence-electron chi connectivity index (χ2n) is 7.19. The molecule has 1 aromatic heterocycles. The summed E-state index contributed by atoms with van der Waals surface area (Å²) in [5.41, 5.74) is 1.18. The molecule has 1 atom stereocenters. The second kappa shape index (κ2) is 9.95. The summed E-state index contributed by atoms with van der Waals surface area (Å²) in [5, 5.41) is 6.02. The topological polar surface area (TPSA) is 71.3 Å². The first-order chi connectivity index (χ1) is 13.2. The summed E-state index contributed by atoms with van der Waals surface area (Å²) in [6, 6.07) is 13.6. The molecule has 5 nitrogen and oxygen atoms in total. The van der Waals surface area contributed by atoms with Crippen LogP contribution in [-0.2, 0) is 4.79 Å². The van der Waals surface area contributed by atoms with Gasteiger partial charge in [0.25, 0.3) is 5.91 Å². The third-order valence-electron chi connectivity index (χ3n) is 5.21. The summed E-state index contributed by atoms with van der Waals surface area (Å²) in [5.74, 6) is 0.594. The molecule has 1 aliphatic rings. The number of rotatable bonds is 8. The summed E-state index contributed by atoms with van der Waals surface area (Å²) in [6.45, 7) is 0.451. The largest absolute Gasteiger partial charge is 0.459 e. The Morgan fingerprint density at radius 1 is 1.04 bits per heavy atom. The number of furan rings is 1. The van der Waals surface area contributed by atoms with Crippen LogP contribution in [0.15, 0.2) is 53.1 Å². The smallest absolute Gasteiger partial charge is 0.286 e. The van der Waals surface area contributed by atoms with E-state index in [9.17, 15) is 9.59 Å². The van der Waals surface area contributed by atoms with E-state index in [0.29, 0.717) is 31.1 Å². The Morgan fingerprint density at radius 3 is 2.52 bits per heavy atom. The maximum atomic E-state index is 12.5. The summed E-state index contributed by atoms with van der Waals surface area (Å²) in [4.78, 5) is 24.3. The van der Waals surface area contributed by atoms with Crippen LogP contribution >= 0.6 is 0 Å². The number of carbonyl (C=O) groups is 2. The van der Waals surface area contributed by atoms with Crippen molar-refractivity contribution in [3.8, 4) is 0 Å². The van der Waals surface area contributed by atoms with Gasteiger partial charge >= 0.3 is 0 Å². The highest BCUT2D eigenvalue weighted by atomic mass is 16.3. The number of carbonyl (C=O) groups excluding carboxylic acids is 2. The predicted octanol–water partition coefficient (Wildman–Crippen LogP) is 4.23. The molecule has 0 radical (unpaired) electrons. The minimum Gasteiger partial charge on any atom is -0.459 e. The summed E-state index contributed by atoms with van der Waals surface area (Å²) < 4.78 is 5.05. The van der Waals surface area contributed by atoms with Gasteiger partial charge in [0.2, 0.25) is 5.91 Å². The van der Waals surface area contributed by atoms with Gasteiger partial charge in [-0.15, -0.1) is 0 Å². The molecule has 2 aromatic rings. The van der Waals surface area contributed by atoms with Gasteiger partial charge in [-0.1, -0.05) is 49.6 Å². The average molecular weight is 368 g/mol. The van der Waals surface area contributed by atoms with Crippen LogP contribution < -0.4 is 10.6 Å². The highest BCUT2D eigenvalue weighted by molar-refractivity contribution is 5.91. The summed E-state index contributed by atoms with van der Waals surface area (Å²) >= 11 is 0. The molecular weight excluding hydrogens is 340 g/mol. The van der Waals surface area contributed by atoms with E-state index in [2.05, 4.69) is 22.8 Å². The lowest BCUT2D eigenvalue weighted by molar-refractivity contribution is -0.122. The number of amides is 2. The summed E-state index contributed by atoms with van der Waals surface area (Å²) in [7, 11) is 0. The minimum atomic E-state index is -0.246. The number of hydrogen-bond donors (Lipinski definition) is 2. The van der Waals surface area contributed by atoms with Crippen LogP contribution in [0.4, 0.5) is 0 Å². The molecule has 2 N–H and O–H groups in total. The van der Waals surface area contributed by atoms with Crippen LogP contribution in [-0.4, -0.2) is 18.4 Å². The molecule has 0 aliphatic heterocycles. The zero-order valence-electron chi connectivity index (χ0n) is 15.7. The molecule has 1 saturated carbocycles.